The Labute approximate surface area is 176 Å². The van der Waals surface area contributed by atoms with Crippen LogP contribution < -0.4 is 19.5 Å². The van der Waals surface area contributed by atoms with Gasteiger partial charge < -0.3 is 24.3 Å². The third-order valence-corrected chi connectivity index (χ3v) is 4.60. The smallest absolute Gasteiger partial charge is 0.344 e. The van der Waals surface area contributed by atoms with Crippen molar-refractivity contribution in [3.05, 3.63) is 41.5 Å². The number of hydrogen-bond acceptors (Lipinski definition) is 6. The molecule has 0 saturated carbocycles. The number of rotatable bonds is 9. The molecule has 0 bridgehead atoms. The molecule has 1 heterocycles. The molecule has 1 aliphatic heterocycles. The topological polar surface area (TPSA) is 83.1 Å². The van der Waals surface area contributed by atoms with Crippen LogP contribution in [0.15, 0.2) is 30.3 Å². The van der Waals surface area contributed by atoms with Crippen LogP contribution >= 0.6 is 0 Å². The van der Waals surface area contributed by atoms with Crippen LogP contribution in [0.4, 0.5) is 0 Å². The van der Waals surface area contributed by atoms with Crippen LogP contribution in [-0.4, -0.2) is 38.8 Å². The van der Waals surface area contributed by atoms with Gasteiger partial charge in [0.1, 0.15) is 0 Å². The van der Waals surface area contributed by atoms with Gasteiger partial charge in [0.15, 0.2) is 18.1 Å². The maximum absolute atomic E-state index is 12.1. The van der Waals surface area contributed by atoms with Gasteiger partial charge in [-0.1, -0.05) is 19.9 Å². The highest BCUT2D eigenvalue weighted by atomic mass is 16.6. The predicted molar refractivity (Wildman–Crippen MR) is 112 cm³/mol. The SMILES string of the molecule is CCOc1c(OC)ccc(-c2ccc3c(c2)CNC3=O)c1OCC(=O)OCC(C)C. The molecular weight excluding hydrogens is 386 g/mol. The fourth-order valence-electron chi connectivity index (χ4n) is 3.19. The van der Waals surface area contributed by atoms with Gasteiger partial charge in [0.25, 0.3) is 5.91 Å². The highest BCUT2D eigenvalue weighted by Gasteiger charge is 2.23. The van der Waals surface area contributed by atoms with Crippen molar-refractivity contribution >= 4 is 11.9 Å². The van der Waals surface area contributed by atoms with Crippen LogP contribution in [0.5, 0.6) is 17.2 Å². The molecule has 160 valence electrons. The Bertz CT molecular complexity index is 938. The normalized spacial score (nSPS) is 12.4. The largest absolute Gasteiger partial charge is 0.493 e. The number of carbonyl (C=O) groups is 2. The number of carbonyl (C=O) groups excluding carboxylic acids is 2. The molecule has 7 nitrogen and oxygen atoms in total. The molecule has 1 N–H and O–H groups in total. The van der Waals surface area contributed by atoms with Gasteiger partial charge in [-0.3, -0.25) is 4.79 Å². The van der Waals surface area contributed by atoms with Gasteiger partial charge in [-0.05, 0) is 48.2 Å². The van der Waals surface area contributed by atoms with Crippen LogP contribution in [0.1, 0.15) is 36.7 Å². The van der Waals surface area contributed by atoms with E-state index in [1.165, 1.54) is 0 Å². The van der Waals surface area contributed by atoms with E-state index in [0.717, 1.165) is 16.7 Å². The van der Waals surface area contributed by atoms with Crippen LogP contribution in [0, 0.1) is 5.92 Å². The van der Waals surface area contributed by atoms with E-state index in [1.807, 2.05) is 39.0 Å². The van der Waals surface area contributed by atoms with E-state index in [2.05, 4.69) is 5.32 Å². The van der Waals surface area contributed by atoms with Gasteiger partial charge in [-0.25, -0.2) is 4.79 Å². The van der Waals surface area contributed by atoms with Crippen molar-refractivity contribution in [1.82, 2.24) is 5.32 Å². The zero-order valence-electron chi connectivity index (χ0n) is 17.7. The van der Waals surface area contributed by atoms with Gasteiger partial charge in [0, 0.05) is 17.7 Å². The molecule has 0 unspecified atom stereocenters. The van der Waals surface area contributed by atoms with Crippen LogP contribution in [0.3, 0.4) is 0 Å². The lowest BCUT2D eigenvalue weighted by molar-refractivity contribution is -0.147. The summed E-state index contributed by atoms with van der Waals surface area (Å²) in [4.78, 5) is 24.0. The summed E-state index contributed by atoms with van der Waals surface area (Å²) in [6.45, 7) is 6.75. The Hall–Kier alpha value is -3.22. The Kier molecular flexibility index (Phi) is 6.82. The number of fused-ring (bicyclic) bond motifs is 1. The minimum absolute atomic E-state index is 0.0781. The Morgan fingerprint density at radius 3 is 2.57 bits per heavy atom. The minimum atomic E-state index is -0.455. The van der Waals surface area contributed by atoms with Crippen molar-refractivity contribution in [3.8, 4) is 28.4 Å². The number of amides is 1. The summed E-state index contributed by atoms with van der Waals surface area (Å²) in [5, 5.41) is 2.82. The maximum Gasteiger partial charge on any atom is 0.344 e. The van der Waals surface area contributed by atoms with Crippen molar-refractivity contribution in [3.63, 3.8) is 0 Å². The molecule has 0 aromatic heterocycles. The second-order valence-corrected chi connectivity index (χ2v) is 7.33. The fraction of sp³-hybridized carbons (Fsp3) is 0.391. The predicted octanol–water partition coefficient (Wildman–Crippen LogP) is 3.58. The molecule has 0 radical (unpaired) electrons. The van der Waals surface area contributed by atoms with Crippen molar-refractivity contribution in [1.29, 1.82) is 0 Å². The zero-order chi connectivity index (χ0) is 21.7. The highest BCUT2D eigenvalue weighted by molar-refractivity contribution is 5.99. The lowest BCUT2D eigenvalue weighted by atomic mass is 9.99. The summed E-state index contributed by atoms with van der Waals surface area (Å²) in [7, 11) is 1.55. The average molecular weight is 413 g/mol. The summed E-state index contributed by atoms with van der Waals surface area (Å²) in [6, 6.07) is 9.22. The summed E-state index contributed by atoms with van der Waals surface area (Å²) < 4.78 is 22.3. The van der Waals surface area contributed by atoms with Crippen LogP contribution in [-0.2, 0) is 16.1 Å². The molecule has 0 spiro atoms. The van der Waals surface area contributed by atoms with Gasteiger partial charge in [-0.15, -0.1) is 0 Å². The second-order valence-electron chi connectivity index (χ2n) is 7.33. The molecule has 2 aromatic rings. The second kappa shape index (κ2) is 9.52. The monoisotopic (exact) mass is 413 g/mol. The molecule has 3 rings (SSSR count). The van der Waals surface area contributed by atoms with Crippen LogP contribution in [0.25, 0.3) is 11.1 Å². The first-order valence-corrected chi connectivity index (χ1v) is 9.98. The first-order valence-electron chi connectivity index (χ1n) is 9.98. The quantitative estimate of drug-likeness (QED) is 0.633. The van der Waals surface area contributed by atoms with E-state index < -0.39 is 5.97 Å². The zero-order valence-corrected chi connectivity index (χ0v) is 17.7. The average Bonchev–Trinajstić information content (AvgIpc) is 3.11. The lowest BCUT2D eigenvalue weighted by Crippen LogP contribution is -2.18. The van der Waals surface area contributed by atoms with E-state index in [4.69, 9.17) is 18.9 Å². The van der Waals surface area contributed by atoms with Crippen molar-refractivity contribution in [2.24, 2.45) is 5.92 Å². The van der Waals surface area contributed by atoms with Gasteiger partial charge in [0.05, 0.1) is 20.3 Å². The first kappa shape index (κ1) is 21.5. The van der Waals surface area contributed by atoms with E-state index in [9.17, 15) is 9.59 Å². The minimum Gasteiger partial charge on any atom is -0.493 e. The third kappa shape index (κ3) is 4.67. The summed E-state index contributed by atoms with van der Waals surface area (Å²) in [5.41, 5.74) is 3.16. The van der Waals surface area contributed by atoms with E-state index in [0.29, 0.717) is 42.6 Å². The van der Waals surface area contributed by atoms with E-state index >= 15 is 0 Å². The summed E-state index contributed by atoms with van der Waals surface area (Å²) in [5.74, 6) is 1.03. The molecule has 30 heavy (non-hydrogen) atoms. The fourth-order valence-corrected chi connectivity index (χ4v) is 3.19. The first-order chi connectivity index (χ1) is 14.4. The number of ether oxygens (including phenoxy) is 4. The Morgan fingerprint density at radius 1 is 1.10 bits per heavy atom. The van der Waals surface area contributed by atoms with Crippen molar-refractivity contribution in [2.75, 3.05) is 26.9 Å². The highest BCUT2D eigenvalue weighted by Crippen LogP contribution is 2.45. The molecule has 0 saturated heterocycles. The number of benzene rings is 2. The summed E-state index contributed by atoms with van der Waals surface area (Å²) >= 11 is 0. The van der Waals surface area contributed by atoms with Gasteiger partial charge in [0.2, 0.25) is 5.75 Å². The molecule has 7 heteroatoms. The molecule has 1 amide bonds. The van der Waals surface area contributed by atoms with Gasteiger partial charge in [-0.2, -0.15) is 0 Å². The third-order valence-electron chi connectivity index (χ3n) is 4.60. The number of methoxy groups -OCH3 is 1. The number of nitrogens with one attached hydrogen (secondary N) is 1. The molecule has 1 aliphatic rings. The van der Waals surface area contributed by atoms with E-state index in [1.54, 1.807) is 19.2 Å². The van der Waals surface area contributed by atoms with Crippen LogP contribution in [0.2, 0.25) is 0 Å². The lowest BCUT2D eigenvalue weighted by Gasteiger charge is -2.19. The standard InChI is InChI=1S/C23H27NO6/c1-5-28-22-19(27-4)9-8-17(21(22)30-13-20(25)29-12-14(2)3)15-6-7-18-16(10-15)11-24-23(18)26/h6-10,14H,5,11-13H2,1-4H3,(H,24,26). The van der Waals surface area contributed by atoms with Crippen molar-refractivity contribution < 1.29 is 28.5 Å². The van der Waals surface area contributed by atoms with Crippen molar-refractivity contribution in [2.45, 2.75) is 27.3 Å². The molecule has 2 aromatic carbocycles. The Morgan fingerprint density at radius 2 is 1.87 bits per heavy atom. The number of hydrogen-bond donors (Lipinski definition) is 1. The maximum atomic E-state index is 12.1. The molecule has 0 atom stereocenters. The number of esters is 1. The van der Waals surface area contributed by atoms with Gasteiger partial charge >= 0.3 is 5.97 Å². The Balaban J connectivity index is 1.97. The molecular formula is C23H27NO6. The molecule has 0 fully saturated rings. The molecule has 0 aliphatic carbocycles. The summed E-state index contributed by atoms with van der Waals surface area (Å²) in [6.07, 6.45) is 0. The van der Waals surface area contributed by atoms with E-state index in [-0.39, 0.29) is 18.4 Å².